The van der Waals surface area contributed by atoms with Crippen molar-refractivity contribution in [1.82, 2.24) is 20.2 Å². The Morgan fingerprint density at radius 3 is 3.24 bits per heavy atom. The molecule has 2 heterocycles. The summed E-state index contributed by atoms with van der Waals surface area (Å²) in [7, 11) is 0. The second kappa shape index (κ2) is 5.39. The van der Waals surface area contributed by atoms with Crippen LogP contribution < -0.4 is 5.32 Å². The third kappa shape index (κ3) is 3.12. The molecule has 1 aromatic heterocycles. The Morgan fingerprint density at radius 1 is 1.71 bits per heavy atom. The van der Waals surface area contributed by atoms with Gasteiger partial charge in [0.15, 0.2) is 0 Å². The molecule has 1 aliphatic heterocycles. The topological polar surface area (TPSA) is 78.4 Å². The Balaban J connectivity index is 2.08. The summed E-state index contributed by atoms with van der Waals surface area (Å²) in [6.45, 7) is 2.39. The summed E-state index contributed by atoms with van der Waals surface area (Å²) in [4.78, 5) is 20.8. The highest BCUT2D eigenvalue weighted by atomic mass is 35.5. The quantitative estimate of drug-likeness (QED) is 0.741. The third-order valence-electron chi connectivity index (χ3n) is 2.69. The first-order chi connectivity index (χ1) is 8.16. The molecule has 6 nitrogen and oxygen atoms in total. The summed E-state index contributed by atoms with van der Waals surface area (Å²) in [6, 6.07) is 1.23. The molecule has 1 aliphatic rings. The third-order valence-corrected chi connectivity index (χ3v) is 2.87. The average molecular weight is 257 g/mol. The monoisotopic (exact) mass is 256 g/mol. The zero-order valence-corrected chi connectivity index (χ0v) is 9.89. The molecular formula is C10H13ClN4O2. The van der Waals surface area contributed by atoms with Gasteiger partial charge in [-0.3, -0.25) is 9.69 Å². The largest absolute Gasteiger partial charge is 0.480 e. The lowest BCUT2D eigenvalue weighted by Gasteiger charge is -2.32. The molecule has 7 heteroatoms. The van der Waals surface area contributed by atoms with Gasteiger partial charge in [-0.05, 0) is 17.7 Å². The summed E-state index contributed by atoms with van der Waals surface area (Å²) in [6.07, 6.45) is 1.57. The second-order valence-corrected chi connectivity index (χ2v) is 4.18. The van der Waals surface area contributed by atoms with Gasteiger partial charge in [0.05, 0.1) is 5.69 Å². The Hall–Kier alpha value is -1.24. The number of aromatic nitrogens is 2. The molecule has 1 atom stereocenters. The maximum absolute atomic E-state index is 11.1. The molecule has 0 bridgehead atoms. The molecule has 1 fully saturated rings. The molecule has 2 N–H and O–H groups in total. The molecular weight excluding hydrogens is 244 g/mol. The van der Waals surface area contributed by atoms with E-state index in [1.54, 1.807) is 12.3 Å². The van der Waals surface area contributed by atoms with E-state index in [4.69, 9.17) is 16.7 Å². The molecule has 17 heavy (non-hydrogen) atoms. The fraction of sp³-hybridized carbons (Fsp3) is 0.500. The van der Waals surface area contributed by atoms with Crippen LogP contribution in [0.5, 0.6) is 0 Å². The highest BCUT2D eigenvalue weighted by Gasteiger charge is 2.28. The van der Waals surface area contributed by atoms with Crippen LogP contribution in [0.4, 0.5) is 0 Å². The average Bonchev–Trinajstić information content (AvgIpc) is 2.29. The van der Waals surface area contributed by atoms with Crippen molar-refractivity contribution in [3.8, 4) is 0 Å². The number of hydrogen-bond acceptors (Lipinski definition) is 5. The normalized spacial score (nSPS) is 21.4. The molecule has 92 valence electrons. The van der Waals surface area contributed by atoms with Gasteiger partial charge in [-0.15, -0.1) is 0 Å². The summed E-state index contributed by atoms with van der Waals surface area (Å²) < 4.78 is 0. The predicted octanol–water partition coefficient (Wildman–Crippen LogP) is -0.0116. The fourth-order valence-corrected chi connectivity index (χ4v) is 2.01. The van der Waals surface area contributed by atoms with Gasteiger partial charge in [0.25, 0.3) is 0 Å². The fourth-order valence-electron chi connectivity index (χ4n) is 1.84. The van der Waals surface area contributed by atoms with E-state index in [9.17, 15) is 4.79 Å². The van der Waals surface area contributed by atoms with Crippen molar-refractivity contribution in [2.24, 2.45) is 0 Å². The van der Waals surface area contributed by atoms with E-state index in [1.807, 2.05) is 4.90 Å². The number of carboxylic acids is 1. The van der Waals surface area contributed by atoms with Crippen LogP contribution in [0, 0.1) is 0 Å². The number of nitrogens with zero attached hydrogens (tertiary/aromatic N) is 3. The molecule has 1 saturated heterocycles. The zero-order chi connectivity index (χ0) is 12.3. The van der Waals surface area contributed by atoms with Gasteiger partial charge in [-0.25, -0.2) is 9.97 Å². The van der Waals surface area contributed by atoms with Crippen LogP contribution in [0.2, 0.25) is 5.28 Å². The first-order valence-electron chi connectivity index (χ1n) is 5.32. The highest BCUT2D eigenvalue weighted by molar-refractivity contribution is 6.28. The molecule has 0 saturated carbocycles. The molecule has 0 radical (unpaired) electrons. The van der Waals surface area contributed by atoms with Gasteiger partial charge in [0, 0.05) is 32.4 Å². The maximum Gasteiger partial charge on any atom is 0.322 e. The summed E-state index contributed by atoms with van der Waals surface area (Å²) in [5, 5.41) is 12.3. The molecule has 0 aromatic carbocycles. The number of aliphatic carboxylic acids is 1. The van der Waals surface area contributed by atoms with Crippen LogP contribution in [0.15, 0.2) is 12.3 Å². The molecule has 1 unspecified atom stereocenters. The Kier molecular flexibility index (Phi) is 3.88. The smallest absolute Gasteiger partial charge is 0.322 e. The van der Waals surface area contributed by atoms with Crippen molar-refractivity contribution in [3.63, 3.8) is 0 Å². The van der Waals surface area contributed by atoms with Gasteiger partial charge in [0.2, 0.25) is 5.28 Å². The van der Waals surface area contributed by atoms with Crippen molar-refractivity contribution in [2.45, 2.75) is 12.6 Å². The van der Waals surface area contributed by atoms with Crippen molar-refractivity contribution in [2.75, 3.05) is 19.6 Å². The number of hydrogen-bond donors (Lipinski definition) is 2. The Labute approximate surface area is 104 Å². The van der Waals surface area contributed by atoms with E-state index in [0.717, 1.165) is 12.2 Å². The number of halogens is 1. The Bertz CT molecular complexity index is 415. The van der Waals surface area contributed by atoms with Gasteiger partial charge < -0.3 is 10.4 Å². The summed E-state index contributed by atoms with van der Waals surface area (Å²) in [5.41, 5.74) is 0.734. The van der Waals surface area contributed by atoms with Gasteiger partial charge in [-0.2, -0.15) is 0 Å². The number of carbonyl (C=O) groups is 1. The maximum atomic E-state index is 11.1. The minimum atomic E-state index is -0.822. The van der Waals surface area contributed by atoms with E-state index < -0.39 is 12.0 Å². The van der Waals surface area contributed by atoms with Crippen LogP contribution in [-0.4, -0.2) is 51.6 Å². The van der Waals surface area contributed by atoms with Crippen LogP contribution in [0.1, 0.15) is 5.69 Å². The number of piperazine rings is 1. The number of carboxylic acid groups (broad SMARTS) is 1. The first-order valence-corrected chi connectivity index (χ1v) is 5.69. The molecule has 1 aromatic rings. The van der Waals surface area contributed by atoms with E-state index >= 15 is 0 Å². The van der Waals surface area contributed by atoms with Gasteiger partial charge in [0.1, 0.15) is 6.04 Å². The van der Waals surface area contributed by atoms with Crippen LogP contribution >= 0.6 is 11.6 Å². The lowest BCUT2D eigenvalue weighted by Crippen LogP contribution is -2.54. The van der Waals surface area contributed by atoms with Gasteiger partial charge in [-0.1, -0.05) is 0 Å². The molecule has 0 spiro atoms. The van der Waals surface area contributed by atoms with Crippen molar-refractivity contribution < 1.29 is 9.90 Å². The zero-order valence-electron chi connectivity index (χ0n) is 9.14. The van der Waals surface area contributed by atoms with Crippen LogP contribution in [0.25, 0.3) is 0 Å². The first kappa shape index (κ1) is 12.2. The second-order valence-electron chi connectivity index (χ2n) is 3.85. The van der Waals surface area contributed by atoms with E-state index in [-0.39, 0.29) is 5.28 Å². The van der Waals surface area contributed by atoms with Crippen molar-refractivity contribution in [1.29, 1.82) is 0 Å². The number of rotatable bonds is 3. The van der Waals surface area contributed by atoms with Crippen molar-refractivity contribution >= 4 is 17.6 Å². The standard InChI is InChI=1S/C10H13ClN4O2/c11-10-13-2-1-7(14-10)6-15-4-3-12-5-8(15)9(16)17/h1-2,8,12H,3-6H2,(H,16,17). The molecule has 2 rings (SSSR count). The SMILES string of the molecule is O=C(O)C1CNCCN1Cc1ccnc(Cl)n1. The summed E-state index contributed by atoms with van der Waals surface area (Å²) in [5.74, 6) is -0.822. The predicted molar refractivity (Wildman–Crippen MR) is 61.7 cm³/mol. The lowest BCUT2D eigenvalue weighted by atomic mass is 10.2. The molecule has 0 aliphatic carbocycles. The van der Waals surface area contributed by atoms with E-state index in [0.29, 0.717) is 19.6 Å². The molecule has 0 amide bonds. The minimum absolute atomic E-state index is 0.185. The summed E-state index contributed by atoms with van der Waals surface area (Å²) >= 11 is 5.69. The highest BCUT2D eigenvalue weighted by Crippen LogP contribution is 2.10. The van der Waals surface area contributed by atoms with E-state index in [1.165, 1.54) is 0 Å². The Morgan fingerprint density at radius 2 is 2.53 bits per heavy atom. The van der Waals surface area contributed by atoms with Crippen LogP contribution in [-0.2, 0) is 11.3 Å². The van der Waals surface area contributed by atoms with Crippen LogP contribution in [0.3, 0.4) is 0 Å². The lowest BCUT2D eigenvalue weighted by molar-refractivity contribution is -0.144. The minimum Gasteiger partial charge on any atom is -0.480 e. The number of nitrogens with one attached hydrogen (secondary N) is 1. The van der Waals surface area contributed by atoms with Crippen molar-refractivity contribution in [3.05, 3.63) is 23.2 Å². The van der Waals surface area contributed by atoms with Gasteiger partial charge >= 0.3 is 5.97 Å². The van der Waals surface area contributed by atoms with E-state index in [2.05, 4.69) is 15.3 Å².